The van der Waals surface area contributed by atoms with Gasteiger partial charge in [-0.05, 0) is 57.8 Å². The molecule has 0 spiro atoms. The minimum absolute atomic E-state index is 0.737. The van der Waals surface area contributed by atoms with E-state index in [1.807, 2.05) is 48.5 Å². The topological polar surface area (TPSA) is 9.23 Å². The van der Waals surface area contributed by atoms with Crippen LogP contribution in [0.15, 0.2) is 78.9 Å². The quantitative estimate of drug-likeness (QED) is 0.405. The molecular weight excluding hydrogens is 328 g/mol. The number of halogens is 1. The third kappa shape index (κ3) is 2.99. The fourth-order valence-electron chi connectivity index (χ4n) is 3.04. The number of benzene rings is 4. The zero-order valence-electron chi connectivity index (χ0n) is 13.8. The average Bonchev–Trinajstić information content (AvgIpc) is 2.67. The molecular formula is C23H16ClO. The molecule has 0 aliphatic heterocycles. The number of hydrogen-bond acceptors (Lipinski definition) is 1. The predicted molar refractivity (Wildman–Crippen MR) is 105 cm³/mol. The third-order valence-corrected chi connectivity index (χ3v) is 4.66. The number of methoxy groups -OCH3 is 1. The Bertz CT molecular complexity index is 1040. The molecule has 1 radical (unpaired) electrons. The molecule has 0 aliphatic rings. The van der Waals surface area contributed by atoms with Crippen molar-refractivity contribution in [3.8, 4) is 28.0 Å². The lowest BCUT2D eigenvalue weighted by molar-refractivity contribution is 0.415. The summed E-state index contributed by atoms with van der Waals surface area (Å²) in [5.41, 5.74) is 4.21. The summed E-state index contributed by atoms with van der Waals surface area (Å²) in [4.78, 5) is 0. The van der Waals surface area contributed by atoms with Crippen LogP contribution in [0.5, 0.6) is 5.75 Å². The van der Waals surface area contributed by atoms with E-state index in [1.54, 1.807) is 7.11 Å². The van der Waals surface area contributed by atoms with Crippen molar-refractivity contribution in [1.29, 1.82) is 0 Å². The molecule has 0 saturated heterocycles. The van der Waals surface area contributed by atoms with Gasteiger partial charge in [0.1, 0.15) is 5.75 Å². The summed E-state index contributed by atoms with van der Waals surface area (Å²) < 4.78 is 5.28. The predicted octanol–water partition coefficient (Wildman–Crippen LogP) is 6.64. The van der Waals surface area contributed by atoms with E-state index in [0.717, 1.165) is 43.8 Å². The van der Waals surface area contributed by atoms with Crippen LogP contribution in [0.4, 0.5) is 0 Å². The van der Waals surface area contributed by atoms with Gasteiger partial charge in [-0.1, -0.05) is 66.2 Å². The van der Waals surface area contributed by atoms with Gasteiger partial charge in [-0.15, -0.1) is 0 Å². The van der Waals surface area contributed by atoms with Crippen LogP contribution in [0.25, 0.3) is 33.0 Å². The molecule has 0 aliphatic carbocycles. The van der Waals surface area contributed by atoms with Gasteiger partial charge in [0.05, 0.1) is 7.11 Å². The molecule has 1 nitrogen and oxygen atoms in total. The summed E-state index contributed by atoms with van der Waals surface area (Å²) in [6.07, 6.45) is 0. The highest BCUT2D eigenvalue weighted by Crippen LogP contribution is 2.38. The molecule has 2 heteroatoms. The molecule has 0 amide bonds. The molecule has 121 valence electrons. The second kappa shape index (κ2) is 6.62. The molecule has 0 N–H and O–H groups in total. The van der Waals surface area contributed by atoms with Crippen LogP contribution >= 0.6 is 11.6 Å². The highest BCUT2D eigenvalue weighted by atomic mass is 35.5. The van der Waals surface area contributed by atoms with E-state index >= 15 is 0 Å². The monoisotopic (exact) mass is 343 g/mol. The van der Waals surface area contributed by atoms with Crippen molar-refractivity contribution < 1.29 is 4.74 Å². The lowest BCUT2D eigenvalue weighted by Crippen LogP contribution is -1.89. The summed E-state index contributed by atoms with van der Waals surface area (Å²) in [7, 11) is 1.67. The van der Waals surface area contributed by atoms with E-state index in [9.17, 15) is 0 Å². The zero-order valence-corrected chi connectivity index (χ0v) is 14.5. The van der Waals surface area contributed by atoms with Crippen LogP contribution in [0.2, 0.25) is 5.02 Å². The van der Waals surface area contributed by atoms with Gasteiger partial charge in [-0.2, -0.15) is 0 Å². The van der Waals surface area contributed by atoms with Crippen LogP contribution in [0.3, 0.4) is 0 Å². The summed E-state index contributed by atoms with van der Waals surface area (Å²) in [6.45, 7) is 0. The first kappa shape index (κ1) is 15.7. The van der Waals surface area contributed by atoms with Gasteiger partial charge in [-0.3, -0.25) is 0 Å². The van der Waals surface area contributed by atoms with E-state index in [1.165, 1.54) is 0 Å². The SMILES string of the molecule is COc1ccc(-c2[c]c3ccccc3cc2-c2ccccc2Cl)cc1. The Kier molecular flexibility index (Phi) is 4.17. The minimum atomic E-state index is 0.737. The number of rotatable bonds is 3. The Morgan fingerprint density at radius 2 is 1.52 bits per heavy atom. The van der Waals surface area contributed by atoms with E-state index in [2.05, 4.69) is 36.4 Å². The molecule has 4 rings (SSSR count). The normalized spacial score (nSPS) is 10.8. The maximum Gasteiger partial charge on any atom is 0.118 e. The van der Waals surface area contributed by atoms with Gasteiger partial charge in [0.25, 0.3) is 0 Å². The maximum atomic E-state index is 6.48. The first-order chi connectivity index (χ1) is 12.3. The van der Waals surface area contributed by atoms with Crippen LogP contribution in [-0.2, 0) is 0 Å². The van der Waals surface area contributed by atoms with Gasteiger partial charge in [-0.25, -0.2) is 0 Å². The Balaban J connectivity index is 2.00. The molecule has 4 aromatic rings. The minimum Gasteiger partial charge on any atom is -0.497 e. The second-order valence-corrected chi connectivity index (χ2v) is 6.26. The van der Waals surface area contributed by atoms with Crippen molar-refractivity contribution in [3.63, 3.8) is 0 Å². The van der Waals surface area contributed by atoms with Crippen molar-refractivity contribution in [1.82, 2.24) is 0 Å². The smallest absolute Gasteiger partial charge is 0.118 e. The van der Waals surface area contributed by atoms with Crippen molar-refractivity contribution in [2.45, 2.75) is 0 Å². The standard InChI is InChI=1S/C23H16ClO/c1-25-19-12-10-16(11-13-19)21-14-17-6-2-3-7-18(17)15-22(21)20-8-4-5-9-23(20)24/h2-13,15H,1H3. The van der Waals surface area contributed by atoms with Crippen LogP contribution in [0, 0.1) is 6.07 Å². The molecule has 0 bridgehead atoms. The highest BCUT2D eigenvalue weighted by molar-refractivity contribution is 6.33. The maximum absolute atomic E-state index is 6.48. The van der Waals surface area contributed by atoms with Crippen LogP contribution < -0.4 is 4.74 Å². The van der Waals surface area contributed by atoms with Crippen molar-refractivity contribution in [2.75, 3.05) is 7.11 Å². The van der Waals surface area contributed by atoms with Gasteiger partial charge in [0.2, 0.25) is 0 Å². The Morgan fingerprint density at radius 1 is 0.800 bits per heavy atom. The van der Waals surface area contributed by atoms with Gasteiger partial charge < -0.3 is 4.74 Å². The Morgan fingerprint density at radius 3 is 2.28 bits per heavy atom. The zero-order chi connectivity index (χ0) is 17.2. The summed E-state index contributed by atoms with van der Waals surface area (Å²) in [5.74, 6) is 0.837. The highest BCUT2D eigenvalue weighted by Gasteiger charge is 2.12. The molecule has 4 aromatic carbocycles. The molecule has 0 saturated carbocycles. The molecule has 0 aromatic heterocycles. The van der Waals surface area contributed by atoms with E-state index in [-0.39, 0.29) is 0 Å². The number of ether oxygens (including phenoxy) is 1. The molecule has 0 unspecified atom stereocenters. The summed E-state index contributed by atoms with van der Waals surface area (Å²) in [5, 5.41) is 2.97. The molecule has 0 atom stereocenters. The average molecular weight is 344 g/mol. The van der Waals surface area contributed by atoms with Gasteiger partial charge in [0, 0.05) is 10.6 Å². The fraction of sp³-hybridized carbons (Fsp3) is 0.0435. The van der Waals surface area contributed by atoms with Crippen molar-refractivity contribution in [3.05, 3.63) is 90.0 Å². The Labute approximate surface area is 152 Å². The third-order valence-electron chi connectivity index (χ3n) is 4.33. The van der Waals surface area contributed by atoms with Gasteiger partial charge in [0.15, 0.2) is 0 Å². The number of hydrogen-bond donors (Lipinski definition) is 0. The van der Waals surface area contributed by atoms with Crippen molar-refractivity contribution in [2.24, 2.45) is 0 Å². The van der Waals surface area contributed by atoms with Gasteiger partial charge >= 0.3 is 0 Å². The fourth-order valence-corrected chi connectivity index (χ4v) is 3.28. The van der Waals surface area contributed by atoms with Crippen LogP contribution in [0.1, 0.15) is 0 Å². The second-order valence-electron chi connectivity index (χ2n) is 5.85. The lowest BCUT2D eigenvalue weighted by atomic mass is 9.91. The van der Waals surface area contributed by atoms with E-state index in [0.29, 0.717) is 0 Å². The molecule has 25 heavy (non-hydrogen) atoms. The largest absolute Gasteiger partial charge is 0.497 e. The van der Waals surface area contributed by atoms with Crippen molar-refractivity contribution >= 4 is 22.4 Å². The first-order valence-corrected chi connectivity index (χ1v) is 8.48. The summed E-state index contributed by atoms with van der Waals surface area (Å²) in [6, 6.07) is 30.0. The van der Waals surface area contributed by atoms with Crippen LogP contribution in [-0.4, -0.2) is 7.11 Å². The summed E-state index contributed by atoms with van der Waals surface area (Å²) >= 11 is 6.48. The number of fused-ring (bicyclic) bond motifs is 1. The molecule has 0 fully saturated rings. The van der Waals surface area contributed by atoms with E-state index in [4.69, 9.17) is 16.3 Å². The molecule has 0 heterocycles. The first-order valence-electron chi connectivity index (χ1n) is 8.10. The Hall–Kier alpha value is -2.77. The van der Waals surface area contributed by atoms with E-state index < -0.39 is 0 Å². The lowest BCUT2D eigenvalue weighted by Gasteiger charge is -2.14.